The molecular formula is C14H17N3O. The highest BCUT2D eigenvalue weighted by Gasteiger charge is 2.04. The van der Waals surface area contributed by atoms with Crippen LogP contribution in [0.3, 0.4) is 0 Å². The van der Waals surface area contributed by atoms with Crippen molar-refractivity contribution in [3.05, 3.63) is 53.6 Å². The molecule has 0 saturated carbocycles. The molecule has 0 amide bonds. The molecule has 2 aromatic heterocycles. The van der Waals surface area contributed by atoms with Crippen LogP contribution in [0.2, 0.25) is 0 Å². The highest BCUT2D eigenvalue weighted by Crippen LogP contribution is 2.16. The Morgan fingerprint density at radius 2 is 2.17 bits per heavy atom. The fourth-order valence-corrected chi connectivity index (χ4v) is 1.70. The van der Waals surface area contributed by atoms with Gasteiger partial charge in [0.2, 0.25) is 0 Å². The van der Waals surface area contributed by atoms with Crippen molar-refractivity contribution in [3.63, 3.8) is 0 Å². The van der Waals surface area contributed by atoms with Gasteiger partial charge in [0, 0.05) is 31.1 Å². The smallest absolute Gasteiger partial charge is 0.142 e. The number of hydrogen-bond acceptors (Lipinski definition) is 4. The zero-order valence-corrected chi connectivity index (χ0v) is 10.5. The number of hydrogen-bond donors (Lipinski definition) is 1. The maximum absolute atomic E-state index is 5.72. The molecule has 0 aromatic carbocycles. The minimum absolute atomic E-state index is 0.393. The molecule has 0 fully saturated rings. The molecule has 0 bridgehead atoms. The monoisotopic (exact) mass is 243 g/mol. The largest absolute Gasteiger partial charge is 0.491 e. The lowest BCUT2D eigenvalue weighted by atomic mass is 10.2. The normalized spacial score (nSPS) is 10.3. The number of rotatable bonds is 5. The number of pyridine rings is 2. The summed E-state index contributed by atoms with van der Waals surface area (Å²) in [7, 11) is 0. The van der Waals surface area contributed by atoms with E-state index in [0.717, 1.165) is 29.1 Å². The lowest BCUT2D eigenvalue weighted by Gasteiger charge is -2.10. The Morgan fingerprint density at radius 3 is 2.89 bits per heavy atom. The summed E-state index contributed by atoms with van der Waals surface area (Å²) in [5.41, 5.74) is 8.57. The van der Waals surface area contributed by atoms with Crippen molar-refractivity contribution in [1.82, 2.24) is 9.97 Å². The number of aryl methyl sites for hydroxylation is 1. The molecule has 0 radical (unpaired) electrons. The van der Waals surface area contributed by atoms with Gasteiger partial charge in [-0.15, -0.1) is 0 Å². The second-order valence-corrected chi connectivity index (χ2v) is 4.06. The van der Waals surface area contributed by atoms with E-state index in [-0.39, 0.29) is 0 Å². The number of ether oxygens (including phenoxy) is 1. The van der Waals surface area contributed by atoms with Crippen LogP contribution in [0.15, 0.2) is 36.7 Å². The minimum Gasteiger partial charge on any atom is -0.491 e. The van der Waals surface area contributed by atoms with E-state index in [9.17, 15) is 0 Å². The van der Waals surface area contributed by atoms with Gasteiger partial charge < -0.3 is 10.5 Å². The van der Waals surface area contributed by atoms with E-state index in [4.69, 9.17) is 10.5 Å². The first kappa shape index (κ1) is 12.5. The Morgan fingerprint density at radius 1 is 1.28 bits per heavy atom. The summed E-state index contributed by atoms with van der Waals surface area (Å²) in [6.45, 7) is 2.94. The lowest BCUT2D eigenvalue weighted by Crippen LogP contribution is -2.08. The Kier molecular flexibility index (Phi) is 4.25. The summed E-state index contributed by atoms with van der Waals surface area (Å²) >= 11 is 0. The van der Waals surface area contributed by atoms with Crippen molar-refractivity contribution < 1.29 is 4.74 Å². The second kappa shape index (κ2) is 6.12. The van der Waals surface area contributed by atoms with E-state index >= 15 is 0 Å². The van der Waals surface area contributed by atoms with Gasteiger partial charge >= 0.3 is 0 Å². The zero-order valence-electron chi connectivity index (χ0n) is 10.5. The Hall–Kier alpha value is -1.94. The maximum atomic E-state index is 5.72. The summed E-state index contributed by atoms with van der Waals surface area (Å²) in [5, 5.41) is 0. The van der Waals surface area contributed by atoms with Crippen LogP contribution < -0.4 is 10.5 Å². The van der Waals surface area contributed by atoms with Gasteiger partial charge in [-0.1, -0.05) is 6.07 Å². The van der Waals surface area contributed by atoms with Gasteiger partial charge in [-0.3, -0.25) is 9.97 Å². The van der Waals surface area contributed by atoms with Gasteiger partial charge in [0.15, 0.2) is 0 Å². The van der Waals surface area contributed by atoms with E-state index in [0.29, 0.717) is 13.2 Å². The standard InChI is InChI=1S/C14H17N3O/c1-11-4-5-14(13(9-15)17-11)18-8-6-12-3-2-7-16-10-12/h2-5,7,10H,6,8-9,15H2,1H3. The maximum Gasteiger partial charge on any atom is 0.142 e. The van der Waals surface area contributed by atoms with Crippen LogP contribution in [0, 0.1) is 6.92 Å². The van der Waals surface area contributed by atoms with Crippen LogP contribution in [0.5, 0.6) is 5.75 Å². The van der Waals surface area contributed by atoms with Crippen LogP contribution in [0.25, 0.3) is 0 Å². The van der Waals surface area contributed by atoms with Crippen LogP contribution in [0.4, 0.5) is 0 Å². The molecule has 0 aliphatic heterocycles. The molecule has 2 aromatic rings. The minimum atomic E-state index is 0.393. The molecule has 4 nitrogen and oxygen atoms in total. The van der Waals surface area contributed by atoms with Crippen LogP contribution in [0.1, 0.15) is 17.0 Å². The predicted octanol–water partition coefficient (Wildman–Crippen LogP) is 1.87. The van der Waals surface area contributed by atoms with E-state index in [2.05, 4.69) is 9.97 Å². The van der Waals surface area contributed by atoms with E-state index in [1.54, 1.807) is 6.20 Å². The zero-order chi connectivity index (χ0) is 12.8. The average Bonchev–Trinajstić information content (AvgIpc) is 2.41. The molecule has 0 aliphatic rings. The van der Waals surface area contributed by atoms with E-state index < -0.39 is 0 Å². The molecule has 2 heterocycles. The molecule has 2 N–H and O–H groups in total. The molecule has 0 spiro atoms. The topological polar surface area (TPSA) is 61.0 Å². The molecule has 0 saturated heterocycles. The van der Waals surface area contributed by atoms with Gasteiger partial charge in [0.05, 0.1) is 12.3 Å². The lowest BCUT2D eigenvalue weighted by molar-refractivity contribution is 0.316. The third-order valence-electron chi connectivity index (χ3n) is 2.64. The Balaban J connectivity index is 1.94. The molecule has 0 aliphatic carbocycles. The summed E-state index contributed by atoms with van der Waals surface area (Å²) in [4.78, 5) is 8.42. The van der Waals surface area contributed by atoms with Crippen LogP contribution in [-0.4, -0.2) is 16.6 Å². The molecular weight excluding hydrogens is 226 g/mol. The van der Waals surface area contributed by atoms with Crippen molar-refractivity contribution in [2.75, 3.05) is 6.61 Å². The Bertz CT molecular complexity index is 500. The van der Waals surface area contributed by atoms with Crippen molar-refractivity contribution >= 4 is 0 Å². The first-order chi connectivity index (χ1) is 8.79. The number of nitrogens with two attached hydrogens (primary N) is 1. The second-order valence-electron chi connectivity index (χ2n) is 4.06. The molecule has 18 heavy (non-hydrogen) atoms. The van der Waals surface area contributed by atoms with Crippen molar-refractivity contribution in [2.24, 2.45) is 5.73 Å². The summed E-state index contributed by atoms with van der Waals surface area (Å²) < 4.78 is 5.72. The van der Waals surface area contributed by atoms with Crippen LogP contribution in [-0.2, 0) is 13.0 Å². The van der Waals surface area contributed by atoms with E-state index in [1.807, 2.05) is 37.4 Å². The number of aromatic nitrogens is 2. The SMILES string of the molecule is Cc1ccc(OCCc2cccnc2)c(CN)n1. The van der Waals surface area contributed by atoms with E-state index in [1.165, 1.54) is 0 Å². The summed E-state index contributed by atoms with van der Waals surface area (Å²) in [6, 6.07) is 7.81. The van der Waals surface area contributed by atoms with Gasteiger partial charge in [-0.05, 0) is 30.7 Å². The molecule has 2 rings (SSSR count). The van der Waals surface area contributed by atoms with Gasteiger partial charge in [-0.2, -0.15) is 0 Å². The highest BCUT2D eigenvalue weighted by molar-refractivity contribution is 5.29. The fraction of sp³-hybridized carbons (Fsp3) is 0.286. The fourth-order valence-electron chi connectivity index (χ4n) is 1.70. The third kappa shape index (κ3) is 3.28. The molecule has 0 atom stereocenters. The van der Waals surface area contributed by atoms with Crippen molar-refractivity contribution in [3.8, 4) is 5.75 Å². The molecule has 94 valence electrons. The number of nitrogens with zero attached hydrogens (tertiary/aromatic N) is 2. The predicted molar refractivity (Wildman–Crippen MR) is 70.3 cm³/mol. The van der Waals surface area contributed by atoms with Gasteiger partial charge in [-0.25, -0.2) is 0 Å². The van der Waals surface area contributed by atoms with Crippen molar-refractivity contribution in [1.29, 1.82) is 0 Å². The highest BCUT2D eigenvalue weighted by atomic mass is 16.5. The first-order valence-electron chi connectivity index (χ1n) is 5.98. The summed E-state index contributed by atoms with van der Waals surface area (Å²) in [6.07, 6.45) is 4.44. The molecule has 4 heteroatoms. The van der Waals surface area contributed by atoms with Crippen molar-refractivity contribution in [2.45, 2.75) is 19.9 Å². The first-order valence-corrected chi connectivity index (χ1v) is 5.98. The third-order valence-corrected chi connectivity index (χ3v) is 2.64. The van der Waals surface area contributed by atoms with Crippen LogP contribution >= 0.6 is 0 Å². The van der Waals surface area contributed by atoms with Gasteiger partial charge in [0.1, 0.15) is 5.75 Å². The van der Waals surface area contributed by atoms with Gasteiger partial charge in [0.25, 0.3) is 0 Å². The summed E-state index contributed by atoms with van der Waals surface area (Å²) in [5.74, 6) is 0.770. The molecule has 0 unspecified atom stereocenters. The Labute approximate surface area is 107 Å². The quantitative estimate of drug-likeness (QED) is 0.870. The average molecular weight is 243 g/mol.